The molecule has 6 rings (SSSR count). The van der Waals surface area contributed by atoms with Crippen LogP contribution in [0.15, 0.2) is 47.1 Å². The fraction of sp³-hybridized carbons (Fsp3) is 0.333. The van der Waals surface area contributed by atoms with E-state index in [-0.39, 0.29) is 28.5 Å². The summed E-state index contributed by atoms with van der Waals surface area (Å²) in [5.41, 5.74) is 3.14. The fourth-order valence-electron chi connectivity index (χ4n) is 5.45. The first-order valence-corrected chi connectivity index (χ1v) is 14.1. The Labute approximate surface area is 246 Å². The van der Waals surface area contributed by atoms with E-state index in [4.69, 9.17) is 48.8 Å². The lowest BCUT2D eigenvalue weighted by atomic mass is 9.65. The highest BCUT2D eigenvalue weighted by molar-refractivity contribution is 6.39. The first kappa shape index (κ1) is 27.3. The Morgan fingerprint density at radius 2 is 1.77 bits per heavy atom. The van der Waals surface area contributed by atoms with Crippen LogP contribution in [0.25, 0.3) is 11.3 Å². The molecule has 208 valence electrons. The molecule has 0 radical (unpaired) electrons. The number of aryl methyl sites for hydroxylation is 1. The molecule has 0 bridgehead atoms. The number of aliphatic hydroxyl groups is 1. The molecule has 2 aliphatic rings. The van der Waals surface area contributed by atoms with E-state index in [1.165, 1.54) is 12.1 Å². The Bertz CT molecular complexity index is 1580. The predicted molar refractivity (Wildman–Crippen MR) is 151 cm³/mol. The van der Waals surface area contributed by atoms with Crippen molar-refractivity contribution >= 4 is 34.8 Å². The summed E-state index contributed by atoms with van der Waals surface area (Å²) < 4.78 is 31.0. The first-order valence-electron chi connectivity index (χ1n) is 13.0. The molecule has 1 N–H and O–H groups in total. The van der Waals surface area contributed by atoms with Gasteiger partial charge in [0.15, 0.2) is 0 Å². The van der Waals surface area contributed by atoms with Gasteiger partial charge in [-0.2, -0.15) is 0 Å². The molecule has 0 unspecified atom stereocenters. The van der Waals surface area contributed by atoms with Crippen molar-refractivity contribution < 1.29 is 23.5 Å². The van der Waals surface area contributed by atoms with Crippen LogP contribution in [-0.4, -0.2) is 22.4 Å². The van der Waals surface area contributed by atoms with Crippen molar-refractivity contribution in [3.8, 4) is 22.9 Å². The van der Waals surface area contributed by atoms with E-state index < -0.39 is 11.4 Å². The SMILES string of the molecule is COc1ncc(C)cc1[C@H]1C[C@](O)(c2ccc(OCc3c(-c4c(Cl)cc(F)cc4Cl)noc3C3CC3)cc2Cl)C1. The molecule has 10 heteroatoms. The smallest absolute Gasteiger partial charge is 0.216 e. The van der Waals surface area contributed by atoms with Gasteiger partial charge in [0.2, 0.25) is 5.88 Å². The van der Waals surface area contributed by atoms with E-state index in [0.717, 1.165) is 24.0 Å². The summed E-state index contributed by atoms with van der Waals surface area (Å²) in [6, 6.07) is 9.71. The molecule has 6 nitrogen and oxygen atoms in total. The Hall–Kier alpha value is -2.84. The zero-order valence-corrected chi connectivity index (χ0v) is 24.1. The Kier molecular flexibility index (Phi) is 7.20. The topological polar surface area (TPSA) is 77.6 Å². The van der Waals surface area contributed by atoms with Crippen LogP contribution >= 0.6 is 34.8 Å². The van der Waals surface area contributed by atoms with Crippen molar-refractivity contribution in [1.82, 2.24) is 10.1 Å². The van der Waals surface area contributed by atoms with Gasteiger partial charge in [-0.3, -0.25) is 0 Å². The number of hydrogen-bond donors (Lipinski definition) is 1. The largest absolute Gasteiger partial charge is 0.489 e. The number of hydrogen-bond acceptors (Lipinski definition) is 6. The molecule has 2 aliphatic carbocycles. The van der Waals surface area contributed by atoms with Crippen molar-refractivity contribution in [2.45, 2.75) is 56.7 Å². The van der Waals surface area contributed by atoms with E-state index in [1.54, 1.807) is 31.5 Å². The first-order chi connectivity index (χ1) is 19.2. The molecule has 4 aromatic rings. The lowest BCUT2D eigenvalue weighted by Crippen LogP contribution is -2.40. The second kappa shape index (κ2) is 10.5. The molecule has 0 amide bonds. The van der Waals surface area contributed by atoms with Crippen LogP contribution in [0.3, 0.4) is 0 Å². The monoisotopic (exact) mass is 602 g/mol. The molecule has 0 aliphatic heterocycles. The van der Waals surface area contributed by atoms with E-state index >= 15 is 0 Å². The third-order valence-corrected chi connectivity index (χ3v) is 8.56. The average Bonchev–Trinajstić information content (AvgIpc) is 3.65. The Morgan fingerprint density at radius 1 is 1.05 bits per heavy atom. The summed E-state index contributed by atoms with van der Waals surface area (Å²) in [7, 11) is 1.60. The minimum Gasteiger partial charge on any atom is -0.489 e. The second-order valence-corrected chi connectivity index (χ2v) is 11.8. The predicted octanol–water partition coefficient (Wildman–Crippen LogP) is 8.37. The number of nitrogens with zero attached hydrogens (tertiary/aromatic N) is 2. The number of pyridine rings is 1. The van der Waals surface area contributed by atoms with Crippen molar-refractivity contribution in [3.05, 3.63) is 91.5 Å². The van der Waals surface area contributed by atoms with Crippen molar-refractivity contribution in [2.75, 3.05) is 7.11 Å². The molecular weight excluding hydrogens is 578 g/mol. The van der Waals surface area contributed by atoms with Crippen LogP contribution in [0.2, 0.25) is 15.1 Å². The van der Waals surface area contributed by atoms with E-state index in [9.17, 15) is 9.50 Å². The normalized spacial score (nSPS) is 20.3. The molecular formula is C30H26Cl3FN2O4. The summed E-state index contributed by atoms with van der Waals surface area (Å²) in [4.78, 5) is 4.36. The number of methoxy groups -OCH3 is 1. The molecule has 2 fully saturated rings. The highest BCUT2D eigenvalue weighted by atomic mass is 35.5. The van der Waals surface area contributed by atoms with Crippen LogP contribution in [0.4, 0.5) is 4.39 Å². The summed E-state index contributed by atoms with van der Waals surface area (Å²) >= 11 is 19.3. The van der Waals surface area contributed by atoms with Gasteiger partial charge in [-0.15, -0.1) is 0 Å². The van der Waals surface area contributed by atoms with Gasteiger partial charge in [-0.1, -0.05) is 46.0 Å². The van der Waals surface area contributed by atoms with Crippen LogP contribution < -0.4 is 9.47 Å². The molecule has 2 heterocycles. The molecule has 0 saturated heterocycles. The van der Waals surface area contributed by atoms with Crippen molar-refractivity contribution in [3.63, 3.8) is 0 Å². The molecule has 0 spiro atoms. The summed E-state index contributed by atoms with van der Waals surface area (Å²) in [5, 5.41) is 16.3. The summed E-state index contributed by atoms with van der Waals surface area (Å²) in [6.07, 6.45) is 4.74. The lowest BCUT2D eigenvalue weighted by molar-refractivity contribution is -0.0554. The number of rotatable bonds is 8. The molecule has 0 atom stereocenters. The minimum absolute atomic E-state index is 0.109. The lowest BCUT2D eigenvalue weighted by Gasteiger charge is -2.44. The number of benzene rings is 2. The maximum absolute atomic E-state index is 13.8. The van der Waals surface area contributed by atoms with Gasteiger partial charge in [-0.25, -0.2) is 9.37 Å². The van der Waals surface area contributed by atoms with Crippen molar-refractivity contribution in [1.29, 1.82) is 0 Å². The van der Waals surface area contributed by atoms with E-state index in [1.807, 2.05) is 6.92 Å². The second-order valence-electron chi connectivity index (χ2n) is 10.6. The van der Waals surface area contributed by atoms with Crippen LogP contribution in [0.1, 0.15) is 65.5 Å². The molecule has 2 aromatic carbocycles. The standard InChI is InChI=1S/C30H26Cl3FN2O4/c1-15-7-20(29(38-2)35-13-15)17-11-30(37,12-17)22-6-5-19(10-23(22)31)39-14-21-27(36-40-28(21)16-3-4-16)26-24(32)8-18(34)9-25(26)33/h5-10,13,16-17,37H,3-4,11-12,14H2,1-2H3/t17-,30+. The zero-order valence-electron chi connectivity index (χ0n) is 21.8. The highest BCUT2D eigenvalue weighted by Crippen LogP contribution is 2.54. The number of halogens is 4. The summed E-state index contributed by atoms with van der Waals surface area (Å²) in [5.74, 6) is 1.62. The molecule has 40 heavy (non-hydrogen) atoms. The van der Waals surface area contributed by atoms with Gasteiger partial charge < -0.3 is 19.1 Å². The summed E-state index contributed by atoms with van der Waals surface area (Å²) in [6.45, 7) is 2.10. The fourth-order valence-corrected chi connectivity index (χ4v) is 6.43. The van der Waals surface area contributed by atoms with Gasteiger partial charge in [0.1, 0.15) is 29.6 Å². The van der Waals surface area contributed by atoms with E-state index in [0.29, 0.717) is 57.6 Å². The van der Waals surface area contributed by atoms with Crippen LogP contribution in [0.5, 0.6) is 11.6 Å². The average molecular weight is 604 g/mol. The molecule has 2 aromatic heterocycles. The third-order valence-electron chi connectivity index (χ3n) is 7.65. The van der Waals surface area contributed by atoms with Gasteiger partial charge >= 0.3 is 0 Å². The van der Waals surface area contributed by atoms with Gasteiger partial charge in [0.05, 0.1) is 33.3 Å². The third kappa shape index (κ3) is 5.05. The quantitative estimate of drug-likeness (QED) is 0.218. The maximum Gasteiger partial charge on any atom is 0.216 e. The Balaban J connectivity index is 1.21. The van der Waals surface area contributed by atoms with Crippen LogP contribution in [0, 0.1) is 12.7 Å². The zero-order chi connectivity index (χ0) is 28.2. The maximum atomic E-state index is 13.8. The van der Waals surface area contributed by atoms with Crippen LogP contribution in [-0.2, 0) is 12.2 Å². The highest BCUT2D eigenvalue weighted by Gasteiger charge is 2.47. The molecule has 2 saturated carbocycles. The minimum atomic E-state index is -1.06. The Morgan fingerprint density at radius 3 is 2.42 bits per heavy atom. The van der Waals surface area contributed by atoms with Gasteiger partial charge in [0, 0.05) is 28.8 Å². The number of ether oxygens (including phenoxy) is 2. The number of aromatic nitrogens is 2. The van der Waals surface area contributed by atoms with E-state index in [2.05, 4.69) is 16.2 Å². The van der Waals surface area contributed by atoms with Gasteiger partial charge in [0.25, 0.3) is 0 Å². The van der Waals surface area contributed by atoms with Crippen molar-refractivity contribution in [2.24, 2.45) is 0 Å². The van der Waals surface area contributed by atoms with Gasteiger partial charge in [-0.05, 0) is 74.4 Å².